The van der Waals surface area contributed by atoms with Gasteiger partial charge >= 0.3 is 0 Å². The largest absolute Gasteiger partial charge is 0.393 e. The van der Waals surface area contributed by atoms with E-state index in [0.29, 0.717) is 5.02 Å². The maximum absolute atomic E-state index is 13.4. The van der Waals surface area contributed by atoms with E-state index in [-0.39, 0.29) is 22.4 Å². The Bertz CT molecular complexity index is 926. The number of hydrogen-bond donors (Lipinski definition) is 1. The molecule has 3 rings (SSSR count). The van der Waals surface area contributed by atoms with Crippen molar-refractivity contribution in [1.82, 2.24) is 0 Å². The van der Waals surface area contributed by atoms with E-state index in [9.17, 15) is 8.42 Å². The number of halogens is 1. The summed E-state index contributed by atoms with van der Waals surface area (Å²) in [5, 5.41) is -0.184. The Morgan fingerprint density at radius 2 is 1.77 bits per heavy atom. The lowest BCUT2D eigenvalue weighted by atomic mass is 10.00. The van der Waals surface area contributed by atoms with Crippen molar-refractivity contribution in [2.45, 2.75) is 23.0 Å². The summed E-state index contributed by atoms with van der Waals surface area (Å²) in [5.74, 6) is -0.372. The molecule has 1 aliphatic carbocycles. The van der Waals surface area contributed by atoms with Crippen molar-refractivity contribution in [1.29, 1.82) is 0 Å². The Hall–Kier alpha value is -1.47. The Balaban J connectivity index is 2.11. The number of thiocarbonyl (C=S) groups is 1. The third kappa shape index (κ3) is 3.05. The van der Waals surface area contributed by atoms with Gasteiger partial charge in [0.05, 0.1) is 27.2 Å². The van der Waals surface area contributed by atoms with Gasteiger partial charge in [-0.25, -0.2) is 8.42 Å². The van der Waals surface area contributed by atoms with Crippen LogP contribution >= 0.6 is 23.8 Å². The molecule has 2 aromatic rings. The molecule has 0 unspecified atom stereocenters. The van der Waals surface area contributed by atoms with Gasteiger partial charge in [0, 0.05) is 18.1 Å². The second kappa shape index (κ2) is 6.93. The van der Waals surface area contributed by atoms with Crippen LogP contribution in [0, 0.1) is 12.3 Å². The van der Waals surface area contributed by atoms with Crippen LogP contribution < -0.4 is 5.73 Å². The summed E-state index contributed by atoms with van der Waals surface area (Å²) >= 11 is 11.3. The van der Waals surface area contributed by atoms with Crippen LogP contribution in [0.25, 0.3) is 0 Å². The standard InChI is InChI=1S/C19H20ClNO3S2/c1-12-3-9-15(10-4-12)26(22,23)17-16(13-5-7-14(20)8-6-13)19(17,11-24-2)18(21)25/h3-10,16-17H,11H2,1-2H3,(H2,21,25)/t16-,17+,19+/m1/s1. The molecule has 0 spiro atoms. The molecule has 0 amide bonds. The Morgan fingerprint density at radius 1 is 1.19 bits per heavy atom. The summed E-state index contributed by atoms with van der Waals surface area (Å²) in [6, 6.07) is 13.9. The van der Waals surface area contributed by atoms with Crippen molar-refractivity contribution in [3.05, 3.63) is 64.7 Å². The number of rotatable bonds is 6. The molecule has 0 saturated heterocycles. The smallest absolute Gasteiger partial charge is 0.182 e. The molecule has 1 saturated carbocycles. The van der Waals surface area contributed by atoms with Crippen LogP contribution in [-0.2, 0) is 14.6 Å². The van der Waals surface area contributed by atoms with Crippen molar-refractivity contribution in [2.24, 2.45) is 11.1 Å². The van der Waals surface area contributed by atoms with Gasteiger partial charge in [0.1, 0.15) is 0 Å². The van der Waals surface area contributed by atoms with Gasteiger partial charge in [-0.3, -0.25) is 0 Å². The topological polar surface area (TPSA) is 69.4 Å². The zero-order chi connectivity index (χ0) is 19.1. The number of benzene rings is 2. The second-order valence-electron chi connectivity index (χ2n) is 6.65. The van der Waals surface area contributed by atoms with Gasteiger partial charge in [0.2, 0.25) is 0 Å². The predicted molar refractivity (Wildman–Crippen MR) is 107 cm³/mol. The highest BCUT2D eigenvalue weighted by atomic mass is 35.5. The van der Waals surface area contributed by atoms with Crippen molar-refractivity contribution in [3.8, 4) is 0 Å². The summed E-state index contributed by atoms with van der Waals surface area (Å²) in [6.45, 7) is 2.06. The third-order valence-electron chi connectivity index (χ3n) is 5.01. The first-order valence-corrected chi connectivity index (χ1v) is 10.4. The van der Waals surface area contributed by atoms with E-state index in [1.54, 1.807) is 36.4 Å². The van der Waals surface area contributed by atoms with Gasteiger partial charge in [-0.1, -0.05) is 53.6 Å². The first-order chi connectivity index (χ1) is 12.2. The minimum Gasteiger partial charge on any atom is -0.393 e. The first kappa shape index (κ1) is 19.3. The zero-order valence-electron chi connectivity index (χ0n) is 14.5. The summed E-state index contributed by atoms with van der Waals surface area (Å²) in [6.07, 6.45) is 0. The number of hydrogen-bond acceptors (Lipinski definition) is 4. The second-order valence-corrected chi connectivity index (χ2v) is 9.59. The molecule has 0 heterocycles. The minimum absolute atomic E-state index is 0.144. The molecule has 1 aliphatic rings. The molecule has 138 valence electrons. The lowest BCUT2D eigenvalue weighted by molar-refractivity contribution is 0.166. The maximum atomic E-state index is 13.4. The van der Waals surface area contributed by atoms with Crippen LogP contribution in [0.3, 0.4) is 0 Å². The highest BCUT2D eigenvalue weighted by Gasteiger charge is 2.73. The van der Waals surface area contributed by atoms with Crippen LogP contribution in [0.1, 0.15) is 17.0 Å². The lowest BCUT2D eigenvalue weighted by Gasteiger charge is -2.16. The first-order valence-electron chi connectivity index (χ1n) is 8.10. The molecule has 2 N–H and O–H groups in total. The Kier molecular flexibility index (Phi) is 5.14. The van der Waals surface area contributed by atoms with Crippen molar-refractivity contribution in [3.63, 3.8) is 0 Å². The van der Waals surface area contributed by atoms with Crippen LogP contribution in [0.5, 0.6) is 0 Å². The Morgan fingerprint density at radius 3 is 2.27 bits per heavy atom. The van der Waals surface area contributed by atoms with E-state index in [4.69, 9.17) is 34.3 Å². The molecule has 4 nitrogen and oxygen atoms in total. The van der Waals surface area contributed by atoms with Gasteiger partial charge in [-0.05, 0) is 36.8 Å². The Labute approximate surface area is 164 Å². The van der Waals surface area contributed by atoms with E-state index in [2.05, 4.69) is 0 Å². The van der Waals surface area contributed by atoms with Gasteiger partial charge in [0.15, 0.2) is 9.84 Å². The summed E-state index contributed by atoms with van der Waals surface area (Å²) in [7, 11) is -2.12. The lowest BCUT2D eigenvalue weighted by Crippen LogP contribution is -2.33. The van der Waals surface area contributed by atoms with Crippen LogP contribution in [-0.4, -0.2) is 32.4 Å². The number of methoxy groups -OCH3 is 1. The molecular weight excluding hydrogens is 390 g/mol. The monoisotopic (exact) mass is 409 g/mol. The fourth-order valence-electron chi connectivity index (χ4n) is 3.65. The average molecular weight is 410 g/mol. The SMILES string of the molecule is COC[C@]1(C(N)=S)[C@H](c2ccc(Cl)cc2)[C@@H]1S(=O)(=O)c1ccc(C)cc1. The maximum Gasteiger partial charge on any atom is 0.182 e. The molecule has 1 fully saturated rings. The van der Waals surface area contributed by atoms with Gasteiger partial charge in [0.25, 0.3) is 0 Å². The van der Waals surface area contributed by atoms with Gasteiger partial charge < -0.3 is 10.5 Å². The van der Waals surface area contributed by atoms with E-state index < -0.39 is 20.5 Å². The predicted octanol–water partition coefficient (Wildman–Crippen LogP) is 3.51. The van der Waals surface area contributed by atoms with E-state index in [1.807, 2.05) is 19.1 Å². The number of nitrogens with two attached hydrogens (primary N) is 1. The highest BCUT2D eigenvalue weighted by Crippen LogP contribution is 2.64. The highest BCUT2D eigenvalue weighted by molar-refractivity contribution is 7.92. The fraction of sp³-hybridized carbons (Fsp3) is 0.316. The number of sulfone groups is 1. The molecule has 0 aromatic heterocycles. The molecule has 2 aromatic carbocycles. The van der Waals surface area contributed by atoms with Gasteiger partial charge in [-0.2, -0.15) is 0 Å². The van der Waals surface area contributed by atoms with Crippen molar-refractivity contribution < 1.29 is 13.2 Å². The minimum atomic E-state index is -3.65. The van der Waals surface area contributed by atoms with Crippen molar-refractivity contribution in [2.75, 3.05) is 13.7 Å². The molecular formula is C19H20ClNO3S2. The van der Waals surface area contributed by atoms with E-state index in [0.717, 1.165) is 11.1 Å². The summed E-state index contributed by atoms with van der Waals surface area (Å²) in [5.41, 5.74) is 6.92. The molecule has 3 atom stereocenters. The molecule has 0 radical (unpaired) electrons. The number of aryl methyl sites for hydroxylation is 1. The van der Waals surface area contributed by atoms with Crippen LogP contribution in [0.15, 0.2) is 53.4 Å². The average Bonchev–Trinajstić information content (AvgIpc) is 3.27. The fourth-order valence-corrected chi connectivity index (χ4v) is 6.55. The molecule has 0 aliphatic heterocycles. The summed E-state index contributed by atoms with van der Waals surface area (Å²) in [4.78, 5) is 0.418. The van der Waals surface area contributed by atoms with E-state index in [1.165, 1.54) is 7.11 Å². The summed E-state index contributed by atoms with van der Waals surface area (Å²) < 4.78 is 32.0. The number of ether oxygens (including phenoxy) is 1. The zero-order valence-corrected chi connectivity index (χ0v) is 16.9. The van der Waals surface area contributed by atoms with Crippen LogP contribution in [0.4, 0.5) is 0 Å². The third-order valence-corrected chi connectivity index (χ3v) is 7.93. The van der Waals surface area contributed by atoms with Crippen LogP contribution in [0.2, 0.25) is 5.02 Å². The quantitative estimate of drug-likeness (QED) is 0.739. The molecule has 26 heavy (non-hydrogen) atoms. The molecule has 0 bridgehead atoms. The molecule has 7 heteroatoms. The van der Waals surface area contributed by atoms with Crippen molar-refractivity contribution >= 4 is 38.6 Å². The normalized spacial score (nSPS) is 25.0. The van der Waals surface area contributed by atoms with E-state index >= 15 is 0 Å². The van der Waals surface area contributed by atoms with Gasteiger partial charge in [-0.15, -0.1) is 0 Å².